The fourth-order valence-corrected chi connectivity index (χ4v) is 6.75. The highest BCUT2D eigenvalue weighted by Gasteiger charge is 2.58. The zero-order chi connectivity index (χ0) is 45.9. The summed E-state index contributed by atoms with van der Waals surface area (Å²) in [6.45, 7) is 9.50. The van der Waals surface area contributed by atoms with E-state index >= 15 is 0 Å². The number of carbonyl (C=O) groups is 9. The molecule has 0 aromatic rings. The van der Waals surface area contributed by atoms with Gasteiger partial charge in [0.25, 0.3) is 0 Å². The molecule has 0 aromatic carbocycles. The Balaban J connectivity index is 2.20. The summed E-state index contributed by atoms with van der Waals surface area (Å²) >= 11 is 0. The Morgan fingerprint density at radius 3 is 1.15 bits per heavy atom. The first-order valence-electron chi connectivity index (χ1n) is 18.8. The molecule has 0 unspecified atom stereocenters. The van der Waals surface area contributed by atoms with Crippen LogP contribution in [0.15, 0.2) is 0 Å². The molecule has 3 fully saturated rings. The first-order chi connectivity index (χ1) is 28.5. The van der Waals surface area contributed by atoms with Crippen LogP contribution in [0.1, 0.15) is 69.2 Å². The fraction of sp³-hybridized carbons (Fsp3) is 0.757. The van der Waals surface area contributed by atoms with Crippen LogP contribution in [0.5, 0.6) is 0 Å². The second-order valence-corrected chi connectivity index (χ2v) is 13.9. The van der Waals surface area contributed by atoms with E-state index in [1.807, 2.05) is 0 Å². The second-order valence-electron chi connectivity index (χ2n) is 13.9. The molecular weight excluding hydrogens is 828 g/mol. The monoisotopic (exact) mass is 880 g/mol. The van der Waals surface area contributed by atoms with Crippen molar-refractivity contribution in [2.75, 3.05) is 20.3 Å². The lowest BCUT2D eigenvalue weighted by Crippen LogP contribution is -2.67. The third kappa shape index (κ3) is 14.6. The Labute approximate surface area is 349 Å². The van der Waals surface area contributed by atoms with Gasteiger partial charge >= 0.3 is 53.7 Å². The molecule has 24 nitrogen and oxygen atoms in total. The van der Waals surface area contributed by atoms with Crippen LogP contribution in [0.3, 0.4) is 0 Å². The summed E-state index contributed by atoms with van der Waals surface area (Å²) in [5, 5.41) is 0. The van der Waals surface area contributed by atoms with Crippen LogP contribution in [0.25, 0.3) is 0 Å². The van der Waals surface area contributed by atoms with Gasteiger partial charge in [-0.1, -0.05) is 0 Å². The minimum absolute atomic E-state index is 0.621. The summed E-state index contributed by atoms with van der Waals surface area (Å²) in [7, 11) is 1.18. The van der Waals surface area contributed by atoms with E-state index in [1.165, 1.54) is 14.0 Å². The van der Waals surface area contributed by atoms with Crippen molar-refractivity contribution >= 4 is 53.7 Å². The normalized spacial score (nSPS) is 33.4. The number of rotatable bonds is 16. The third-order valence-electron chi connectivity index (χ3n) is 8.73. The van der Waals surface area contributed by atoms with E-state index in [1.54, 1.807) is 0 Å². The lowest BCUT2D eigenvalue weighted by molar-refractivity contribution is -0.371. The first-order valence-corrected chi connectivity index (χ1v) is 18.8. The van der Waals surface area contributed by atoms with Gasteiger partial charge in [0.1, 0.15) is 18.8 Å². The topological polar surface area (TPSA) is 292 Å². The molecule has 15 atom stereocenters. The van der Waals surface area contributed by atoms with Crippen molar-refractivity contribution in [2.45, 2.75) is 161 Å². The summed E-state index contributed by atoms with van der Waals surface area (Å²) in [6, 6.07) is 0. The number of ether oxygens (including phenoxy) is 15. The highest BCUT2D eigenvalue weighted by Crippen LogP contribution is 2.36. The van der Waals surface area contributed by atoms with E-state index in [-0.39, 0.29) is 0 Å². The van der Waals surface area contributed by atoms with Crippen molar-refractivity contribution in [2.24, 2.45) is 0 Å². The largest absolute Gasteiger partial charge is 0.463 e. The Kier molecular flexibility index (Phi) is 18.8. The zero-order valence-electron chi connectivity index (χ0n) is 35.4. The van der Waals surface area contributed by atoms with Crippen molar-refractivity contribution in [1.82, 2.24) is 0 Å². The molecule has 0 radical (unpaired) electrons. The molecule has 3 heterocycles. The number of esters is 9. The number of carbonyl (C=O) groups excluding carboxylic acids is 9. The fourth-order valence-electron chi connectivity index (χ4n) is 6.75. The maximum atomic E-state index is 12.7. The molecule has 0 aliphatic carbocycles. The maximum absolute atomic E-state index is 12.7. The molecular formula is C37H52O24. The highest BCUT2D eigenvalue weighted by atomic mass is 16.8. The molecule has 0 spiro atoms. The molecule has 344 valence electrons. The Bertz CT molecular complexity index is 1610. The molecule has 0 aromatic heterocycles. The zero-order valence-corrected chi connectivity index (χ0v) is 35.4. The summed E-state index contributed by atoms with van der Waals surface area (Å²) in [5.41, 5.74) is 0. The molecule has 24 heteroatoms. The van der Waals surface area contributed by atoms with Gasteiger partial charge in [0.2, 0.25) is 0 Å². The van der Waals surface area contributed by atoms with Crippen LogP contribution in [-0.4, -0.2) is 166 Å². The standard InChI is InChI=1S/C37H52O24/c1-14-26(51-16(3)39)29(54-19(6)42)34(58-23(10)46)37(50-14)61-33-31(56-21(8)44)27(52-17(4)40)24(12-48-15(2)38)60-36(33)49-13-25-28(53-18(5)41)30(55-20(7)43)32(57-22(9)45)35(47-11)59-25/h14,24-37H,12-13H2,1-11H3/t14-,24+,25+,26+,27-,28+,29+,30-,31-,32+,33+,34-,35+,36+,37-/m0/s1. The number of methoxy groups -OCH3 is 1. The summed E-state index contributed by atoms with van der Waals surface area (Å²) in [5.74, 6) is -7.90. The van der Waals surface area contributed by atoms with Gasteiger partial charge < -0.3 is 71.1 Å². The van der Waals surface area contributed by atoms with E-state index in [0.717, 1.165) is 62.3 Å². The molecule has 3 aliphatic heterocycles. The second kappa shape index (κ2) is 22.7. The van der Waals surface area contributed by atoms with Gasteiger partial charge in [-0.05, 0) is 6.92 Å². The molecule has 0 N–H and O–H groups in total. The Hall–Kier alpha value is -5.01. The van der Waals surface area contributed by atoms with E-state index in [9.17, 15) is 43.2 Å². The predicted molar refractivity (Wildman–Crippen MR) is 191 cm³/mol. The molecule has 0 amide bonds. The predicted octanol–water partition coefficient (Wildman–Crippen LogP) is -0.754. The van der Waals surface area contributed by atoms with Gasteiger partial charge in [0, 0.05) is 69.4 Å². The van der Waals surface area contributed by atoms with Crippen molar-refractivity contribution in [3.05, 3.63) is 0 Å². The van der Waals surface area contributed by atoms with Gasteiger partial charge in [-0.15, -0.1) is 0 Å². The van der Waals surface area contributed by atoms with Crippen molar-refractivity contribution in [3.63, 3.8) is 0 Å². The average molecular weight is 881 g/mol. The van der Waals surface area contributed by atoms with E-state index in [4.69, 9.17) is 71.1 Å². The summed E-state index contributed by atoms with van der Waals surface area (Å²) in [6.07, 6.45) is -23.5. The lowest BCUT2D eigenvalue weighted by atomic mass is 9.96. The van der Waals surface area contributed by atoms with Crippen LogP contribution < -0.4 is 0 Å². The van der Waals surface area contributed by atoms with E-state index in [0.29, 0.717) is 0 Å². The molecule has 0 saturated carbocycles. The minimum atomic E-state index is -1.83. The minimum Gasteiger partial charge on any atom is -0.463 e. The third-order valence-corrected chi connectivity index (χ3v) is 8.73. The SMILES string of the molecule is CO[C@@H]1O[C@H](CO[C@@H]2O[C@H](COC(C)=O)[C@H](OC(C)=O)[C@H](OC(C)=O)[C@H]2O[C@@H]2O[C@@H](C)[C@@H](OC(C)=O)[C@@H](OC(C)=O)[C@@H]2OC(C)=O)[C@@H](OC(C)=O)[C@H](OC(C)=O)[C@H]1OC(C)=O. The smallest absolute Gasteiger partial charge is 0.303 e. The van der Waals surface area contributed by atoms with Gasteiger partial charge in [-0.3, -0.25) is 43.2 Å². The molecule has 0 bridgehead atoms. The van der Waals surface area contributed by atoms with Crippen molar-refractivity contribution < 1.29 is 114 Å². The maximum Gasteiger partial charge on any atom is 0.303 e. The van der Waals surface area contributed by atoms with Crippen LogP contribution in [0, 0.1) is 0 Å². The van der Waals surface area contributed by atoms with E-state index < -0.39 is 159 Å². The van der Waals surface area contributed by atoms with Crippen LogP contribution in [0.2, 0.25) is 0 Å². The average Bonchev–Trinajstić information content (AvgIpc) is 3.12. The van der Waals surface area contributed by atoms with Crippen LogP contribution in [-0.2, 0) is 114 Å². The summed E-state index contributed by atoms with van der Waals surface area (Å²) in [4.78, 5) is 111. The number of hydrogen-bond acceptors (Lipinski definition) is 24. The molecule has 3 saturated heterocycles. The highest BCUT2D eigenvalue weighted by molar-refractivity contribution is 5.70. The lowest BCUT2D eigenvalue weighted by Gasteiger charge is -2.49. The van der Waals surface area contributed by atoms with Gasteiger partial charge in [0.15, 0.2) is 73.8 Å². The van der Waals surface area contributed by atoms with Crippen molar-refractivity contribution in [1.29, 1.82) is 0 Å². The summed E-state index contributed by atoms with van der Waals surface area (Å²) < 4.78 is 85.2. The van der Waals surface area contributed by atoms with Gasteiger partial charge in [0.05, 0.1) is 12.7 Å². The van der Waals surface area contributed by atoms with Crippen molar-refractivity contribution in [3.8, 4) is 0 Å². The Morgan fingerprint density at radius 1 is 0.377 bits per heavy atom. The van der Waals surface area contributed by atoms with Crippen LogP contribution in [0.4, 0.5) is 0 Å². The molecule has 3 aliphatic rings. The Morgan fingerprint density at radius 2 is 0.721 bits per heavy atom. The van der Waals surface area contributed by atoms with Crippen LogP contribution >= 0.6 is 0 Å². The number of hydrogen-bond donors (Lipinski definition) is 0. The van der Waals surface area contributed by atoms with Gasteiger partial charge in [-0.25, -0.2) is 0 Å². The molecule has 3 rings (SSSR count). The first kappa shape index (κ1) is 50.3. The quantitative estimate of drug-likeness (QED) is 0.136. The molecule has 61 heavy (non-hydrogen) atoms. The van der Waals surface area contributed by atoms with E-state index in [2.05, 4.69) is 0 Å². The van der Waals surface area contributed by atoms with Gasteiger partial charge in [-0.2, -0.15) is 0 Å².